The van der Waals surface area contributed by atoms with Crippen LogP contribution in [0.15, 0.2) is 0 Å². The summed E-state index contributed by atoms with van der Waals surface area (Å²) in [5.74, 6) is 1.67. The monoisotopic (exact) mass is 240 g/mol. The molecule has 3 unspecified atom stereocenters. The lowest BCUT2D eigenvalue weighted by Crippen LogP contribution is -2.44. The maximum absolute atomic E-state index is 3.62. The summed E-state index contributed by atoms with van der Waals surface area (Å²) in [5.41, 5.74) is 0.241. The molecule has 1 aliphatic heterocycles. The maximum Gasteiger partial charge on any atom is 0.0105 e. The fourth-order valence-corrected chi connectivity index (χ4v) is 2.56. The number of hydrogen-bond donors (Lipinski definition) is 1. The molecule has 0 aromatic rings. The number of nitrogens with zero attached hydrogens (tertiary/aromatic N) is 1. The van der Waals surface area contributed by atoms with E-state index in [0.29, 0.717) is 6.04 Å². The van der Waals surface area contributed by atoms with E-state index in [4.69, 9.17) is 0 Å². The van der Waals surface area contributed by atoms with Gasteiger partial charge in [0.2, 0.25) is 0 Å². The minimum Gasteiger partial charge on any atom is -0.312 e. The van der Waals surface area contributed by atoms with Crippen molar-refractivity contribution in [1.82, 2.24) is 10.2 Å². The molecule has 0 saturated carbocycles. The molecule has 1 saturated heterocycles. The lowest BCUT2D eigenvalue weighted by atomic mass is 10.00. The molecule has 17 heavy (non-hydrogen) atoms. The topological polar surface area (TPSA) is 15.3 Å². The second-order valence-electron chi connectivity index (χ2n) is 6.91. The smallest absolute Gasteiger partial charge is 0.0105 e. The molecular weight excluding hydrogens is 208 g/mol. The Balaban J connectivity index is 2.34. The van der Waals surface area contributed by atoms with Crippen molar-refractivity contribution in [3.8, 4) is 0 Å². The van der Waals surface area contributed by atoms with Crippen LogP contribution in [0.1, 0.15) is 54.4 Å². The third kappa shape index (κ3) is 4.97. The molecule has 1 N–H and O–H groups in total. The predicted octanol–water partition coefficient (Wildman–Crippen LogP) is 3.13. The average molecular weight is 240 g/mol. The van der Waals surface area contributed by atoms with Crippen molar-refractivity contribution >= 4 is 0 Å². The van der Waals surface area contributed by atoms with Gasteiger partial charge in [-0.15, -0.1) is 0 Å². The molecule has 2 nitrogen and oxygen atoms in total. The summed E-state index contributed by atoms with van der Waals surface area (Å²) in [4.78, 5) is 2.68. The van der Waals surface area contributed by atoms with E-state index in [1.54, 1.807) is 0 Å². The summed E-state index contributed by atoms with van der Waals surface area (Å²) in [5, 5.41) is 3.62. The van der Waals surface area contributed by atoms with Gasteiger partial charge in [0.25, 0.3) is 0 Å². The number of likely N-dealkylation sites (tertiary alicyclic amines) is 1. The number of nitrogens with one attached hydrogen (secondary N) is 1. The van der Waals surface area contributed by atoms with Crippen molar-refractivity contribution in [2.75, 3.05) is 19.6 Å². The van der Waals surface area contributed by atoms with Gasteiger partial charge in [0, 0.05) is 18.1 Å². The molecule has 102 valence electrons. The Kier molecular flexibility index (Phi) is 5.46. The van der Waals surface area contributed by atoms with Crippen molar-refractivity contribution in [1.29, 1.82) is 0 Å². The predicted molar refractivity (Wildman–Crippen MR) is 76.4 cm³/mol. The zero-order chi connectivity index (χ0) is 13.1. The molecule has 0 radical (unpaired) electrons. The van der Waals surface area contributed by atoms with Crippen LogP contribution in [0.25, 0.3) is 0 Å². The molecule has 3 atom stereocenters. The SMILES string of the molecule is CCC1CCN(C(C)C(C)CNC(C)(C)C)C1. The molecule has 0 bridgehead atoms. The van der Waals surface area contributed by atoms with Gasteiger partial charge in [0.1, 0.15) is 0 Å². The van der Waals surface area contributed by atoms with Crippen LogP contribution in [-0.2, 0) is 0 Å². The highest BCUT2D eigenvalue weighted by atomic mass is 15.2. The largest absolute Gasteiger partial charge is 0.312 e. The van der Waals surface area contributed by atoms with E-state index < -0.39 is 0 Å². The molecule has 0 aromatic carbocycles. The normalized spacial score (nSPS) is 26.1. The van der Waals surface area contributed by atoms with Crippen LogP contribution in [0.4, 0.5) is 0 Å². The lowest BCUT2D eigenvalue weighted by Gasteiger charge is -2.32. The van der Waals surface area contributed by atoms with Crippen LogP contribution in [0.5, 0.6) is 0 Å². The number of rotatable bonds is 5. The van der Waals surface area contributed by atoms with Crippen LogP contribution in [0.2, 0.25) is 0 Å². The number of hydrogen-bond acceptors (Lipinski definition) is 2. The Morgan fingerprint density at radius 2 is 1.94 bits per heavy atom. The van der Waals surface area contributed by atoms with Gasteiger partial charge < -0.3 is 10.2 Å². The molecule has 1 heterocycles. The lowest BCUT2D eigenvalue weighted by molar-refractivity contribution is 0.182. The molecule has 0 aliphatic carbocycles. The quantitative estimate of drug-likeness (QED) is 0.794. The van der Waals surface area contributed by atoms with Crippen LogP contribution in [-0.4, -0.2) is 36.1 Å². The van der Waals surface area contributed by atoms with Crippen LogP contribution in [0.3, 0.4) is 0 Å². The Morgan fingerprint density at radius 1 is 1.29 bits per heavy atom. The van der Waals surface area contributed by atoms with Crippen LogP contribution < -0.4 is 5.32 Å². The first kappa shape index (κ1) is 15.0. The second-order valence-corrected chi connectivity index (χ2v) is 6.91. The standard InChI is InChI=1S/C15H32N2/c1-7-14-8-9-17(11-14)13(3)12(2)10-16-15(4,5)6/h12-14,16H,7-11H2,1-6H3. The van der Waals surface area contributed by atoms with Crippen molar-refractivity contribution in [2.45, 2.75) is 66.0 Å². The summed E-state index contributed by atoms with van der Waals surface area (Å²) >= 11 is 0. The van der Waals surface area contributed by atoms with Crippen molar-refractivity contribution in [3.63, 3.8) is 0 Å². The first-order valence-corrected chi connectivity index (χ1v) is 7.32. The molecule has 0 aromatic heterocycles. The highest BCUT2D eigenvalue weighted by Gasteiger charge is 2.27. The van der Waals surface area contributed by atoms with Gasteiger partial charge in [-0.3, -0.25) is 0 Å². The van der Waals surface area contributed by atoms with Crippen LogP contribution in [0, 0.1) is 11.8 Å². The van der Waals surface area contributed by atoms with E-state index in [2.05, 4.69) is 51.8 Å². The van der Waals surface area contributed by atoms with E-state index in [-0.39, 0.29) is 5.54 Å². The third-order valence-electron chi connectivity index (χ3n) is 4.25. The highest BCUT2D eigenvalue weighted by Crippen LogP contribution is 2.23. The van der Waals surface area contributed by atoms with Gasteiger partial charge in [0.15, 0.2) is 0 Å². The summed E-state index contributed by atoms with van der Waals surface area (Å²) in [7, 11) is 0. The molecule has 1 aliphatic rings. The van der Waals surface area contributed by atoms with Crippen molar-refractivity contribution in [2.24, 2.45) is 11.8 Å². The first-order valence-electron chi connectivity index (χ1n) is 7.32. The second kappa shape index (κ2) is 6.19. The van der Waals surface area contributed by atoms with E-state index in [9.17, 15) is 0 Å². The first-order chi connectivity index (χ1) is 7.83. The molecule has 1 fully saturated rings. The molecule has 1 rings (SSSR count). The Labute approximate surface area is 108 Å². The van der Waals surface area contributed by atoms with E-state index >= 15 is 0 Å². The Bertz CT molecular complexity index is 219. The summed E-state index contributed by atoms with van der Waals surface area (Å²) in [6.45, 7) is 17.6. The minimum absolute atomic E-state index is 0.241. The van der Waals surface area contributed by atoms with Crippen LogP contribution >= 0.6 is 0 Å². The summed E-state index contributed by atoms with van der Waals surface area (Å²) in [6, 6.07) is 0.710. The van der Waals surface area contributed by atoms with Gasteiger partial charge in [-0.05, 0) is 59.0 Å². The highest BCUT2D eigenvalue weighted by molar-refractivity contribution is 4.83. The third-order valence-corrected chi connectivity index (χ3v) is 4.25. The van der Waals surface area contributed by atoms with Gasteiger partial charge in [-0.1, -0.05) is 20.3 Å². The minimum atomic E-state index is 0.241. The van der Waals surface area contributed by atoms with E-state index in [0.717, 1.165) is 18.4 Å². The van der Waals surface area contributed by atoms with Gasteiger partial charge in [0.05, 0.1) is 0 Å². The zero-order valence-corrected chi connectivity index (χ0v) is 12.7. The fraction of sp³-hybridized carbons (Fsp3) is 1.00. The fourth-order valence-electron chi connectivity index (χ4n) is 2.56. The van der Waals surface area contributed by atoms with Crippen molar-refractivity contribution in [3.05, 3.63) is 0 Å². The van der Waals surface area contributed by atoms with Gasteiger partial charge >= 0.3 is 0 Å². The Hall–Kier alpha value is -0.0800. The Morgan fingerprint density at radius 3 is 2.41 bits per heavy atom. The van der Waals surface area contributed by atoms with E-state index in [1.165, 1.54) is 25.9 Å². The van der Waals surface area contributed by atoms with Gasteiger partial charge in [-0.2, -0.15) is 0 Å². The molecule has 0 spiro atoms. The molecule has 0 amide bonds. The maximum atomic E-state index is 3.62. The average Bonchev–Trinajstić information content (AvgIpc) is 2.72. The zero-order valence-electron chi connectivity index (χ0n) is 12.7. The van der Waals surface area contributed by atoms with Gasteiger partial charge in [-0.25, -0.2) is 0 Å². The molecule has 2 heteroatoms. The van der Waals surface area contributed by atoms with E-state index in [1.807, 2.05) is 0 Å². The van der Waals surface area contributed by atoms with Crippen molar-refractivity contribution < 1.29 is 0 Å². The summed E-state index contributed by atoms with van der Waals surface area (Å²) < 4.78 is 0. The molecular formula is C15H32N2. The summed E-state index contributed by atoms with van der Waals surface area (Å²) in [6.07, 6.45) is 2.75.